The van der Waals surface area contributed by atoms with E-state index in [1.165, 1.54) is 40.7 Å². The van der Waals surface area contributed by atoms with Gasteiger partial charge in [-0.1, -0.05) is 42.5 Å². The average Bonchev–Trinajstić information content (AvgIpc) is 2.96. The molecular weight excluding hydrogens is 521 g/mol. The van der Waals surface area contributed by atoms with E-state index in [4.69, 9.17) is 4.74 Å². The second kappa shape index (κ2) is 11.2. The van der Waals surface area contributed by atoms with Gasteiger partial charge < -0.3 is 15.0 Å². The normalized spacial score (nSPS) is 14.2. The summed E-state index contributed by atoms with van der Waals surface area (Å²) in [4.78, 5) is 27.1. The fraction of sp³-hybridized carbons (Fsp3) is 0.172. The van der Waals surface area contributed by atoms with E-state index >= 15 is 0 Å². The highest BCUT2D eigenvalue weighted by Crippen LogP contribution is 2.24. The van der Waals surface area contributed by atoms with Gasteiger partial charge in [0.2, 0.25) is 10.0 Å². The molecule has 1 saturated heterocycles. The zero-order valence-electron chi connectivity index (χ0n) is 20.9. The van der Waals surface area contributed by atoms with Crippen LogP contribution in [0.5, 0.6) is 0 Å². The summed E-state index contributed by atoms with van der Waals surface area (Å²) < 4.78 is 46.3. The maximum Gasteiger partial charge on any atom is 0.338 e. The molecule has 4 aromatic carbocycles. The Labute approximate surface area is 225 Å². The third-order valence-corrected chi connectivity index (χ3v) is 8.43. The lowest BCUT2D eigenvalue weighted by Crippen LogP contribution is -2.48. The zero-order chi connectivity index (χ0) is 27.4. The highest BCUT2D eigenvalue weighted by atomic mass is 32.2. The van der Waals surface area contributed by atoms with Crippen LogP contribution in [0.25, 0.3) is 10.8 Å². The van der Waals surface area contributed by atoms with Crippen molar-refractivity contribution in [2.75, 3.05) is 43.0 Å². The minimum Gasteiger partial charge on any atom is -0.452 e. The number of hydrogen-bond donors (Lipinski definition) is 1. The Balaban J connectivity index is 1.20. The van der Waals surface area contributed by atoms with E-state index in [1.807, 2.05) is 41.3 Å². The van der Waals surface area contributed by atoms with Gasteiger partial charge in [-0.3, -0.25) is 4.79 Å². The van der Waals surface area contributed by atoms with Crippen LogP contribution in [0.3, 0.4) is 0 Å². The number of piperazine rings is 1. The van der Waals surface area contributed by atoms with Crippen molar-refractivity contribution < 1.29 is 27.1 Å². The van der Waals surface area contributed by atoms with Crippen molar-refractivity contribution in [3.8, 4) is 0 Å². The van der Waals surface area contributed by atoms with Gasteiger partial charge in [0.25, 0.3) is 5.91 Å². The SMILES string of the molecule is O=C(COC(=O)c1cccc(S(=O)(=O)N2CCN(c3ccc(F)cc3)CC2)c1)Nc1cccc2ccccc12. The molecule has 0 spiro atoms. The zero-order valence-corrected chi connectivity index (χ0v) is 21.7. The van der Waals surface area contributed by atoms with Crippen molar-refractivity contribution >= 4 is 44.0 Å². The maximum atomic E-state index is 13.3. The number of sulfonamides is 1. The van der Waals surface area contributed by atoms with E-state index in [-0.39, 0.29) is 29.4 Å². The minimum absolute atomic E-state index is 0.0268. The van der Waals surface area contributed by atoms with E-state index in [9.17, 15) is 22.4 Å². The predicted octanol–water partition coefficient (Wildman–Crippen LogP) is 4.29. The van der Waals surface area contributed by atoms with Crippen molar-refractivity contribution in [1.82, 2.24) is 4.31 Å². The van der Waals surface area contributed by atoms with Crippen LogP contribution < -0.4 is 10.2 Å². The molecule has 10 heteroatoms. The Kier molecular flexibility index (Phi) is 7.58. The number of nitrogens with zero attached hydrogens (tertiary/aromatic N) is 2. The summed E-state index contributed by atoms with van der Waals surface area (Å²) in [6, 6.07) is 24.7. The van der Waals surface area contributed by atoms with Gasteiger partial charge in [0.1, 0.15) is 5.82 Å². The Morgan fingerprint density at radius 1 is 0.846 bits per heavy atom. The van der Waals surface area contributed by atoms with Gasteiger partial charge in [-0.2, -0.15) is 4.31 Å². The molecule has 1 amide bonds. The smallest absolute Gasteiger partial charge is 0.338 e. The van der Waals surface area contributed by atoms with Crippen LogP contribution in [0.2, 0.25) is 0 Å². The van der Waals surface area contributed by atoms with Crippen LogP contribution in [0, 0.1) is 5.82 Å². The van der Waals surface area contributed by atoms with E-state index in [2.05, 4.69) is 5.32 Å². The van der Waals surface area contributed by atoms with Crippen LogP contribution in [0.1, 0.15) is 10.4 Å². The predicted molar refractivity (Wildman–Crippen MR) is 147 cm³/mol. The molecule has 8 nitrogen and oxygen atoms in total. The lowest BCUT2D eigenvalue weighted by molar-refractivity contribution is -0.119. The molecular formula is C29H26FN3O5S. The third kappa shape index (κ3) is 5.92. The molecule has 4 aromatic rings. The molecule has 0 radical (unpaired) electrons. The van der Waals surface area contributed by atoms with Crippen LogP contribution in [-0.2, 0) is 19.6 Å². The Bertz CT molecular complexity index is 1610. The molecule has 0 aliphatic carbocycles. The van der Waals surface area contributed by atoms with Crippen molar-refractivity contribution in [2.45, 2.75) is 4.90 Å². The Morgan fingerprint density at radius 2 is 1.54 bits per heavy atom. The van der Waals surface area contributed by atoms with Gasteiger partial charge in [0.15, 0.2) is 6.61 Å². The molecule has 1 fully saturated rings. The number of hydrogen-bond acceptors (Lipinski definition) is 6. The largest absolute Gasteiger partial charge is 0.452 e. The van der Waals surface area contributed by atoms with E-state index in [0.717, 1.165) is 16.5 Å². The Morgan fingerprint density at radius 3 is 2.31 bits per heavy atom. The quantitative estimate of drug-likeness (QED) is 0.347. The summed E-state index contributed by atoms with van der Waals surface area (Å²) in [5, 5.41) is 4.57. The van der Waals surface area contributed by atoms with E-state index in [1.54, 1.807) is 18.2 Å². The number of carbonyl (C=O) groups is 2. The van der Waals surface area contributed by atoms with Crippen LogP contribution in [0.15, 0.2) is 95.9 Å². The van der Waals surface area contributed by atoms with Crippen LogP contribution in [0.4, 0.5) is 15.8 Å². The molecule has 39 heavy (non-hydrogen) atoms. The van der Waals surface area contributed by atoms with Gasteiger partial charge >= 0.3 is 5.97 Å². The molecule has 0 atom stereocenters. The maximum absolute atomic E-state index is 13.3. The fourth-order valence-corrected chi connectivity index (χ4v) is 5.97. The van der Waals surface area contributed by atoms with Crippen molar-refractivity contribution in [1.29, 1.82) is 0 Å². The first-order valence-corrected chi connectivity index (χ1v) is 13.8. The number of carbonyl (C=O) groups excluding carboxylic acids is 2. The van der Waals surface area contributed by atoms with E-state index < -0.39 is 28.5 Å². The minimum atomic E-state index is -3.86. The summed E-state index contributed by atoms with van der Waals surface area (Å²) >= 11 is 0. The number of ether oxygens (including phenoxy) is 1. The Hall–Kier alpha value is -4.28. The number of esters is 1. The summed E-state index contributed by atoms with van der Waals surface area (Å²) in [7, 11) is -3.86. The molecule has 1 aliphatic heterocycles. The molecule has 5 rings (SSSR count). The van der Waals surface area contributed by atoms with Gasteiger partial charge in [-0.15, -0.1) is 0 Å². The second-order valence-electron chi connectivity index (χ2n) is 9.05. The second-order valence-corrected chi connectivity index (χ2v) is 11.0. The van der Waals surface area contributed by atoms with Gasteiger partial charge in [-0.05, 0) is 53.9 Å². The van der Waals surface area contributed by atoms with Crippen molar-refractivity contribution in [3.63, 3.8) is 0 Å². The molecule has 1 aliphatic rings. The number of amides is 1. The van der Waals surface area contributed by atoms with Crippen molar-refractivity contribution in [2.24, 2.45) is 0 Å². The monoisotopic (exact) mass is 547 g/mol. The fourth-order valence-electron chi connectivity index (χ4n) is 4.51. The molecule has 200 valence electrons. The van der Waals surface area contributed by atoms with Crippen LogP contribution in [-0.4, -0.2) is 57.4 Å². The number of fused-ring (bicyclic) bond motifs is 1. The van der Waals surface area contributed by atoms with Gasteiger partial charge in [0, 0.05) is 42.9 Å². The first-order valence-electron chi connectivity index (χ1n) is 12.4. The summed E-state index contributed by atoms with van der Waals surface area (Å²) in [5.41, 5.74) is 1.45. The number of halogens is 1. The van der Waals surface area contributed by atoms with Crippen molar-refractivity contribution in [3.05, 3.63) is 102 Å². The number of anilines is 2. The van der Waals surface area contributed by atoms with Crippen LogP contribution >= 0.6 is 0 Å². The molecule has 0 unspecified atom stereocenters. The summed E-state index contributed by atoms with van der Waals surface area (Å²) in [5.74, 6) is -1.65. The summed E-state index contributed by atoms with van der Waals surface area (Å²) in [6.45, 7) is 0.840. The molecule has 1 heterocycles. The summed E-state index contributed by atoms with van der Waals surface area (Å²) in [6.07, 6.45) is 0. The molecule has 0 bridgehead atoms. The molecule has 0 saturated carbocycles. The number of nitrogens with one attached hydrogen (secondary N) is 1. The first kappa shape index (κ1) is 26.3. The van der Waals surface area contributed by atoms with Gasteiger partial charge in [0.05, 0.1) is 10.5 Å². The third-order valence-electron chi connectivity index (χ3n) is 6.54. The molecule has 1 N–H and O–H groups in total. The van der Waals surface area contributed by atoms with E-state index in [0.29, 0.717) is 18.8 Å². The standard InChI is InChI=1S/C29H26FN3O5S/c30-23-11-13-24(14-12-23)32-15-17-33(18-16-32)39(36,37)25-8-3-7-22(19-25)29(35)38-20-28(34)31-27-10-4-6-21-5-1-2-9-26(21)27/h1-14,19H,15-18,20H2,(H,31,34). The lowest BCUT2D eigenvalue weighted by Gasteiger charge is -2.35. The topological polar surface area (TPSA) is 96.0 Å². The number of benzene rings is 4. The van der Waals surface area contributed by atoms with Gasteiger partial charge in [-0.25, -0.2) is 17.6 Å². The number of rotatable bonds is 7. The first-order chi connectivity index (χ1) is 18.8. The highest BCUT2D eigenvalue weighted by molar-refractivity contribution is 7.89. The highest BCUT2D eigenvalue weighted by Gasteiger charge is 2.29. The molecule has 0 aromatic heterocycles. The lowest BCUT2D eigenvalue weighted by atomic mass is 10.1. The average molecular weight is 548 g/mol.